The number of hydrogen-bond acceptors (Lipinski definition) is 2. The Labute approximate surface area is 111 Å². The van der Waals surface area contributed by atoms with Crippen LogP contribution in [0.3, 0.4) is 0 Å². The van der Waals surface area contributed by atoms with Crippen molar-refractivity contribution in [2.24, 2.45) is 5.92 Å². The Bertz CT molecular complexity index is 454. The number of aliphatic carboxylic acids is 1. The molecule has 0 aromatic heterocycles. The van der Waals surface area contributed by atoms with E-state index in [-0.39, 0.29) is 30.4 Å². The van der Waals surface area contributed by atoms with E-state index in [0.29, 0.717) is 12.0 Å². The number of carbonyl (C=O) groups is 2. The second-order valence-corrected chi connectivity index (χ2v) is 4.60. The van der Waals surface area contributed by atoms with Gasteiger partial charge < -0.3 is 10.4 Å². The number of rotatable bonds is 6. The van der Waals surface area contributed by atoms with E-state index in [0.717, 1.165) is 0 Å². The largest absolute Gasteiger partial charge is 0.481 e. The Morgan fingerprint density at radius 2 is 2.05 bits per heavy atom. The topological polar surface area (TPSA) is 66.4 Å². The summed E-state index contributed by atoms with van der Waals surface area (Å²) in [5.41, 5.74) is 0.922. The van der Waals surface area contributed by atoms with Crippen LogP contribution in [-0.4, -0.2) is 23.5 Å². The third-order valence-electron chi connectivity index (χ3n) is 2.90. The minimum absolute atomic E-state index is 0.0129. The maximum absolute atomic E-state index is 13.2. The van der Waals surface area contributed by atoms with E-state index in [9.17, 15) is 14.0 Å². The van der Waals surface area contributed by atoms with Crippen molar-refractivity contribution in [3.05, 3.63) is 35.1 Å². The van der Waals surface area contributed by atoms with Crippen LogP contribution in [0.25, 0.3) is 0 Å². The van der Waals surface area contributed by atoms with E-state index in [4.69, 9.17) is 5.11 Å². The number of carboxylic acid groups (broad SMARTS) is 1. The lowest BCUT2D eigenvalue weighted by atomic mass is 10.0. The fourth-order valence-electron chi connectivity index (χ4n) is 1.81. The highest BCUT2D eigenvalue weighted by molar-refractivity contribution is 5.94. The smallest absolute Gasteiger partial charge is 0.303 e. The molecule has 1 rings (SSSR count). The van der Waals surface area contributed by atoms with Crippen LogP contribution in [0.5, 0.6) is 0 Å². The monoisotopic (exact) mass is 267 g/mol. The molecular formula is C14H18FNO3. The summed E-state index contributed by atoms with van der Waals surface area (Å²) in [4.78, 5) is 22.4. The maximum Gasteiger partial charge on any atom is 0.303 e. The predicted octanol–water partition coefficient (Wildman–Crippen LogP) is 2.36. The van der Waals surface area contributed by atoms with Crippen LogP contribution < -0.4 is 5.32 Å². The SMILES string of the molecule is CCC(CNC(=O)c1cc(C)cc(F)c1)CC(=O)O. The molecule has 1 aromatic rings. The number of aryl methyl sites for hydroxylation is 1. The minimum atomic E-state index is -0.886. The highest BCUT2D eigenvalue weighted by Crippen LogP contribution is 2.10. The highest BCUT2D eigenvalue weighted by atomic mass is 19.1. The van der Waals surface area contributed by atoms with Crippen molar-refractivity contribution >= 4 is 11.9 Å². The molecule has 0 fully saturated rings. The molecular weight excluding hydrogens is 249 g/mol. The van der Waals surface area contributed by atoms with Crippen molar-refractivity contribution in [2.45, 2.75) is 26.7 Å². The number of hydrogen-bond donors (Lipinski definition) is 2. The average Bonchev–Trinajstić information content (AvgIpc) is 2.32. The van der Waals surface area contributed by atoms with Gasteiger partial charge in [0.05, 0.1) is 0 Å². The van der Waals surface area contributed by atoms with Gasteiger partial charge in [0.1, 0.15) is 5.82 Å². The molecule has 0 bridgehead atoms. The van der Waals surface area contributed by atoms with Crippen molar-refractivity contribution in [1.29, 1.82) is 0 Å². The molecule has 5 heteroatoms. The first-order valence-corrected chi connectivity index (χ1v) is 6.19. The van der Waals surface area contributed by atoms with Gasteiger partial charge in [-0.2, -0.15) is 0 Å². The van der Waals surface area contributed by atoms with Crippen LogP contribution in [0.4, 0.5) is 4.39 Å². The Balaban J connectivity index is 2.61. The van der Waals surface area contributed by atoms with Crippen molar-refractivity contribution < 1.29 is 19.1 Å². The van der Waals surface area contributed by atoms with Gasteiger partial charge in [-0.25, -0.2) is 4.39 Å². The molecule has 0 spiro atoms. The molecule has 1 amide bonds. The first-order chi connectivity index (χ1) is 8.92. The van der Waals surface area contributed by atoms with Crippen molar-refractivity contribution in [3.63, 3.8) is 0 Å². The van der Waals surface area contributed by atoms with E-state index in [2.05, 4.69) is 5.32 Å². The third kappa shape index (κ3) is 5.07. The molecule has 1 atom stereocenters. The first-order valence-electron chi connectivity index (χ1n) is 6.19. The van der Waals surface area contributed by atoms with E-state index < -0.39 is 11.8 Å². The van der Waals surface area contributed by atoms with Crippen LogP contribution >= 0.6 is 0 Å². The first kappa shape index (κ1) is 15.1. The zero-order chi connectivity index (χ0) is 14.4. The summed E-state index contributed by atoms with van der Waals surface area (Å²) in [6, 6.07) is 4.10. The zero-order valence-corrected chi connectivity index (χ0v) is 11.1. The molecule has 0 aliphatic rings. The Kier molecular flexibility index (Phi) is 5.48. The molecule has 19 heavy (non-hydrogen) atoms. The molecule has 0 aliphatic carbocycles. The van der Waals surface area contributed by atoms with Crippen LogP contribution in [0.2, 0.25) is 0 Å². The lowest BCUT2D eigenvalue weighted by molar-refractivity contribution is -0.138. The zero-order valence-electron chi connectivity index (χ0n) is 11.1. The van der Waals surface area contributed by atoms with Crippen molar-refractivity contribution in [1.82, 2.24) is 5.32 Å². The minimum Gasteiger partial charge on any atom is -0.481 e. The summed E-state index contributed by atoms with van der Waals surface area (Å²) in [7, 11) is 0. The molecule has 1 aromatic carbocycles. The van der Waals surface area contributed by atoms with Crippen molar-refractivity contribution in [3.8, 4) is 0 Å². The number of carboxylic acids is 1. The summed E-state index contributed by atoms with van der Waals surface area (Å²) in [5, 5.41) is 11.3. The summed E-state index contributed by atoms with van der Waals surface area (Å²) in [6.45, 7) is 3.85. The van der Waals surface area contributed by atoms with Gasteiger partial charge in [-0.05, 0) is 36.6 Å². The van der Waals surface area contributed by atoms with Crippen LogP contribution in [0, 0.1) is 18.7 Å². The van der Waals surface area contributed by atoms with Crippen LogP contribution in [0.15, 0.2) is 18.2 Å². The van der Waals surface area contributed by atoms with E-state index >= 15 is 0 Å². The Morgan fingerprint density at radius 3 is 2.58 bits per heavy atom. The van der Waals surface area contributed by atoms with Gasteiger partial charge in [0.15, 0.2) is 0 Å². The molecule has 104 valence electrons. The lowest BCUT2D eigenvalue weighted by Crippen LogP contribution is -2.30. The molecule has 0 saturated carbocycles. The van der Waals surface area contributed by atoms with Gasteiger partial charge in [0, 0.05) is 18.5 Å². The van der Waals surface area contributed by atoms with Crippen LogP contribution in [-0.2, 0) is 4.79 Å². The standard InChI is InChI=1S/C14H18FNO3/c1-3-10(6-13(17)18)8-16-14(19)11-4-9(2)5-12(15)7-11/h4-5,7,10H,3,6,8H2,1-2H3,(H,16,19)(H,17,18). The summed E-state index contributed by atoms with van der Waals surface area (Å²) in [5.74, 6) is -1.84. The molecule has 0 aliphatic heterocycles. The number of nitrogens with one attached hydrogen (secondary N) is 1. The molecule has 0 heterocycles. The fraction of sp³-hybridized carbons (Fsp3) is 0.429. The molecule has 0 radical (unpaired) electrons. The third-order valence-corrected chi connectivity index (χ3v) is 2.90. The number of halogens is 1. The van der Waals surface area contributed by atoms with Crippen LogP contribution in [0.1, 0.15) is 35.7 Å². The van der Waals surface area contributed by atoms with E-state index in [1.54, 1.807) is 13.0 Å². The molecule has 2 N–H and O–H groups in total. The van der Waals surface area contributed by atoms with E-state index in [1.807, 2.05) is 6.92 Å². The van der Waals surface area contributed by atoms with Gasteiger partial charge in [0.25, 0.3) is 5.91 Å². The normalized spacial score (nSPS) is 11.9. The van der Waals surface area contributed by atoms with Gasteiger partial charge in [-0.15, -0.1) is 0 Å². The Morgan fingerprint density at radius 1 is 1.37 bits per heavy atom. The summed E-state index contributed by atoms with van der Waals surface area (Å²) in [6.07, 6.45) is 0.674. The van der Waals surface area contributed by atoms with Gasteiger partial charge in [0.2, 0.25) is 0 Å². The lowest BCUT2D eigenvalue weighted by Gasteiger charge is -2.13. The predicted molar refractivity (Wildman–Crippen MR) is 69.5 cm³/mol. The molecule has 4 nitrogen and oxygen atoms in total. The second-order valence-electron chi connectivity index (χ2n) is 4.60. The quantitative estimate of drug-likeness (QED) is 0.831. The summed E-state index contributed by atoms with van der Waals surface area (Å²) >= 11 is 0. The van der Waals surface area contributed by atoms with E-state index in [1.165, 1.54) is 12.1 Å². The van der Waals surface area contributed by atoms with Gasteiger partial charge >= 0.3 is 5.97 Å². The summed E-state index contributed by atoms with van der Waals surface area (Å²) < 4.78 is 13.2. The fourth-order valence-corrected chi connectivity index (χ4v) is 1.81. The maximum atomic E-state index is 13.2. The second kappa shape index (κ2) is 6.87. The number of benzene rings is 1. The van der Waals surface area contributed by atoms with Crippen molar-refractivity contribution in [2.75, 3.05) is 6.54 Å². The highest BCUT2D eigenvalue weighted by Gasteiger charge is 2.14. The average molecular weight is 267 g/mol. The Hall–Kier alpha value is -1.91. The molecule has 1 unspecified atom stereocenters. The van der Waals surface area contributed by atoms with Gasteiger partial charge in [-0.1, -0.05) is 13.3 Å². The number of amides is 1. The van der Waals surface area contributed by atoms with Gasteiger partial charge in [-0.3, -0.25) is 9.59 Å². The number of carbonyl (C=O) groups excluding carboxylic acids is 1. The molecule has 0 saturated heterocycles.